The van der Waals surface area contributed by atoms with E-state index in [0.29, 0.717) is 35.1 Å². The molecule has 0 saturated heterocycles. The van der Waals surface area contributed by atoms with Crippen LogP contribution in [-0.4, -0.2) is 18.4 Å². The maximum Gasteiger partial charge on any atom is 0.336 e. The minimum atomic E-state index is -0.819. The van der Waals surface area contributed by atoms with E-state index in [1.165, 1.54) is 6.26 Å². The van der Waals surface area contributed by atoms with Crippen LogP contribution in [0.5, 0.6) is 0 Å². The van der Waals surface area contributed by atoms with Crippen LogP contribution in [0.4, 0.5) is 0 Å². The minimum absolute atomic E-state index is 0.0678. The lowest BCUT2D eigenvalue weighted by atomic mass is 9.68. The number of nitrogens with one attached hydrogen (secondary N) is 1. The summed E-state index contributed by atoms with van der Waals surface area (Å²) in [4.78, 5) is 39.8. The molecule has 0 radical (unpaired) electrons. The average Bonchev–Trinajstić information content (AvgIpc) is 2.67. The number of aryl methyl sites for hydroxylation is 1. The van der Waals surface area contributed by atoms with E-state index in [1.807, 2.05) is 26.8 Å². The van der Waals surface area contributed by atoms with Gasteiger partial charge in [0.2, 0.25) is 0 Å². The topological polar surface area (TPSA) is 85.6 Å². The molecule has 1 aromatic carbocycles. The molecule has 0 saturated carbocycles. The van der Waals surface area contributed by atoms with Gasteiger partial charge < -0.3 is 14.5 Å². The van der Waals surface area contributed by atoms with Gasteiger partial charge in [-0.25, -0.2) is 4.79 Å². The van der Waals surface area contributed by atoms with Crippen molar-refractivity contribution in [1.29, 1.82) is 0 Å². The lowest BCUT2D eigenvalue weighted by molar-refractivity contribution is -0.138. The molecule has 1 aromatic heterocycles. The minimum Gasteiger partial charge on any atom is -0.464 e. The summed E-state index contributed by atoms with van der Waals surface area (Å²) in [6.07, 6.45) is 2.38. The molecule has 4 rings (SSSR count). The molecular weight excluding hydrogens is 394 g/mol. The average molecular weight is 421 g/mol. The zero-order valence-corrected chi connectivity index (χ0v) is 18.5. The number of dihydropyridines is 1. The number of esters is 1. The van der Waals surface area contributed by atoms with Gasteiger partial charge in [-0.15, -0.1) is 0 Å². The third kappa shape index (κ3) is 3.60. The summed E-state index contributed by atoms with van der Waals surface area (Å²) in [6.45, 7) is 9.68. The van der Waals surface area contributed by atoms with E-state index < -0.39 is 11.9 Å². The van der Waals surface area contributed by atoms with Crippen LogP contribution in [0.25, 0.3) is 11.0 Å². The monoisotopic (exact) mass is 421 g/mol. The van der Waals surface area contributed by atoms with Crippen LogP contribution in [0.2, 0.25) is 0 Å². The molecule has 2 aromatic rings. The number of carbonyl (C=O) groups excluding carboxylic acids is 2. The van der Waals surface area contributed by atoms with Crippen molar-refractivity contribution in [2.75, 3.05) is 6.61 Å². The van der Waals surface area contributed by atoms with Crippen molar-refractivity contribution in [1.82, 2.24) is 5.32 Å². The van der Waals surface area contributed by atoms with Crippen LogP contribution in [0, 0.1) is 12.3 Å². The Morgan fingerprint density at radius 1 is 1.23 bits per heavy atom. The molecule has 1 atom stereocenters. The van der Waals surface area contributed by atoms with E-state index in [-0.39, 0.29) is 34.4 Å². The molecule has 6 heteroatoms. The molecule has 1 N–H and O–H groups in total. The van der Waals surface area contributed by atoms with Crippen LogP contribution in [0.3, 0.4) is 0 Å². The van der Waals surface area contributed by atoms with E-state index >= 15 is 0 Å². The maximum atomic E-state index is 13.5. The lowest BCUT2D eigenvalue weighted by Gasteiger charge is -2.39. The molecule has 2 heterocycles. The summed E-state index contributed by atoms with van der Waals surface area (Å²) in [5, 5.41) is 3.70. The number of allylic oxidation sites excluding steroid dienone is 3. The number of carbonyl (C=O) groups is 2. The fourth-order valence-corrected chi connectivity index (χ4v) is 4.69. The van der Waals surface area contributed by atoms with Crippen LogP contribution in [0.1, 0.15) is 57.6 Å². The van der Waals surface area contributed by atoms with Crippen molar-refractivity contribution in [3.63, 3.8) is 0 Å². The van der Waals surface area contributed by atoms with Gasteiger partial charge in [0.25, 0.3) is 0 Å². The molecule has 1 unspecified atom stereocenters. The highest BCUT2D eigenvalue weighted by Crippen LogP contribution is 2.46. The lowest BCUT2D eigenvalue weighted by Crippen LogP contribution is -2.39. The van der Waals surface area contributed by atoms with Crippen molar-refractivity contribution in [2.45, 2.75) is 53.4 Å². The SMILES string of the molecule is CCOC(=O)C1=C(C)NC2=C(C(=O)CC(C)(C)C2)C1c1coc2ccc(C)cc2c1=O. The van der Waals surface area contributed by atoms with Gasteiger partial charge in [-0.2, -0.15) is 0 Å². The standard InChI is InChI=1S/C25H27NO5/c1-6-30-24(29)20-14(3)26-17-10-25(4,5)11-18(27)22(17)21(20)16-12-31-19-8-7-13(2)9-15(19)23(16)28/h7-9,12,21,26H,6,10-11H2,1-5H3. The van der Waals surface area contributed by atoms with Gasteiger partial charge in [-0.1, -0.05) is 25.5 Å². The molecule has 1 aliphatic carbocycles. The van der Waals surface area contributed by atoms with Crippen LogP contribution < -0.4 is 10.7 Å². The number of benzene rings is 1. The van der Waals surface area contributed by atoms with Gasteiger partial charge in [0.1, 0.15) is 5.58 Å². The molecule has 0 fully saturated rings. The molecule has 1 aliphatic heterocycles. The van der Waals surface area contributed by atoms with E-state index in [4.69, 9.17) is 9.15 Å². The zero-order chi connectivity index (χ0) is 22.5. The van der Waals surface area contributed by atoms with Crippen LogP contribution in [-0.2, 0) is 14.3 Å². The normalized spacial score (nSPS) is 20.5. The van der Waals surface area contributed by atoms with E-state index in [9.17, 15) is 14.4 Å². The number of ether oxygens (including phenoxy) is 1. The van der Waals surface area contributed by atoms with Crippen LogP contribution >= 0.6 is 0 Å². The molecule has 0 spiro atoms. The Hall–Kier alpha value is -3.15. The number of hydrogen-bond acceptors (Lipinski definition) is 6. The third-order valence-electron chi connectivity index (χ3n) is 6.00. The van der Waals surface area contributed by atoms with E-state index in [2.05, 4.69) is 5.32 Å². The third-order valence-corrected chi connectivity index (χ3v) is 6.00. The second-order valence-electron chi connectivity index (χ2n) is 9.17. The molecule has 162 valence electrons. The summed E-state index contributed by atoms with van der Waals surface area (Å²) >= 11 is 0. The van der Waals surface area contributed by atoms with E-state index in [1.54, 1.807) is 26.0 Å². The van der Waals surface area contributed by atoms with Gasteiger partial charge >= 0.3 is 5.97 Å². The molecule has 0 amide bonds. The fourth-order valence-electron chi connectivity index (χ4n) is 4.69. The highest BCUT2D eigenvalue weighted by atomic mass is 16.5. The maximum absolute atomic E-state index is 13.5. The molecule has 0 bridgehead atoms. The summed E-state index contributed by atoms with van der Waals surface area (Å²) < 4.78 is 11.1. The Kier molecular flexibility index (Phi) is 5.12. The highest BCUT2D eigenvalue weighted by Gasteiger charge is 2.44. The Balaban J connectivity index is 1.99. The van der Waals surface area contributed by atoms with E-state index in [0.717, 1.165) is 11.3 Å². The highest BCUT2D eigenvalue weighted by molar-refractivity contribution is 6.04. The second-order valence-corrected chi connectivity index (χ2v) is 9.17. The molecule has 31 heavy (non-hydrogen) atoms. The quantitative estimate of drug-likeness (QED) is 0.745. The van der Waals surface area contributed by atoms with Crippen molar-refractivity contribution in [3.05, 3.63) is 68.4 Å². The van der Waals surface area contributed by atoms with Crippen molar-refractivity contribution in [2.24, 2.45) is 5.41 Å². The Labute approximate surface area is 181 Å². The number of hydrogen-bond donors (Lipinski definition) is 1. The predicted molar refractivity (Wildman–Crippen MR) is 117 cm³/mol. The number of rotatable bonds is 3. The number of ketones is 1. The van der Waals surface area contributed by atoms with Crippen molar-refractivity contribution >= 4 is 22.7 Å². The number of fused-ring (bicyclic) bond motifs is 1. The first kappa shape index (κ1) is 21.1. The largest absolute Gasteiger partial charge is 0.464 e. The van der Waals surface area contributed by atoms with Gasteiger partial charge in [0.15, 0.2) is 11.2 Å². The Bertz CT molecular complexity index is 1230. The summed E-state index contributed by atoms with van der Waals surface area (Å²) in [5.74, 6) is -1.42. The van der Waals surface area contributed by atoms with Gasteiger partial charge in [0.05, 0.1) is 29.7 Å². The first-order chi connectivity index (χ1) is 14.6. The first-order valence-electron chi connectivity index (χ1n) is 10.6. The van der Waals surface area contributed by atoms with Crippen LogP contribution in [0.15, 0.2) is 56.2 Å². The van der Waals surface area contributed by atoms with Crippen molar-refractivity contribution in [3.8, 4) is 0 Å². The van der Waals surface area contributed by atoms with Gasteiger partial charge in [-0.05, 0) is 44.7 Å². The summed E-state index contributed by atoms with van der Waals surface area (Å²) in [6, 6.07) is 5.40. The molecule has 6 nitrogen and oxygen atoms in total. The smallest absolute Gasteiger partial charge is 0.336 e. The molecule has 2 aliphatic rings. The predicted octanol–water partition coefficient (Wildman–Crippen LogP) is 4.27. The van der Waals surface area contributed by atoms with Crippen molar-refractivity contribution < 1.29 is 18.7 Å². The Morgan fingerprint density at radius 2 is 1.97 bits per heavy atom. The first-order valence-corrected chi connectivity index (χ1v) is 10.6. The fraction of sp³-hybridized carbons (Fsp3) is 0.400. The zero-order valence-electron chi connectivity index (χ0n) is 18.5. The summed E-state index contributed by atoms with van der Waals surface area (Å²) in [7, 11) is 0. The number of Topliss-reactive ketones (excluding diaryl/α,β-unsaturated/α-hetero) is 1. The molecular formula is C25H27NO5. The van der Waals surface area contributed by atoms with Gasteiger partial charge in [-0.3, -0.25) is 9.59 Å². The summed E-state index contributed by atoms with van der Waals surface area (Å²) in [5.41, 5.74) is 3.34. The van der Waals surface area contributed by atoms with Gasteiger partial charge in [0, 0.05) is 29.0 Å². The second kappa shape index (κ2) is 7.52. The Morgan fingerprint density at radius 3 is 2.68 bits per heavy atom.